The lowest BCUT2D eigenvalue weighted by Gasteiger charge is -2.08. The molecule has 0 aliphatic carbocycles. The fraction of sp³-hybridized carbons (Fsp3) is 0.188. The fourth-order valence-electron chi connectivity index (χ4n) is 2.40. The lowest BCUT2D eigenvalue weighted by atomic mass is 10.1. The molecular formula is C16H15N3O4S. The van der Waals surface area contributed by atoms with Gasteiger partial charge in [0, 0.05) is 6.07 Å². The van der Waals surface area contributed by atoms with Crippen LogP contribution in [0.4, 0.5) is 4.79 Å². The highest BCUT2D eigenvalue weighted by Gasteiger charge is 2.27. The molecule has 0 saturated heterocycles. The van der Waals surface area contributed by atoms with Crippen molar-refractivity contribution in [3.05, 3.63) is 40.1 Å². The van der Waals surface area contributed by atoms with Gasteiger partial charge in [0.25, 0.3) is 0 Å². The highest BCUT2D eigenvalue weighted by Crippen LogP contribution is 2.33. The minimum absolute atomic E-state index is 0.0690. The van der Waals surface area contributed by atoms with Gasteiger partial charge in [-0.05, 0) is 31.4 Å². The number of fused-ring (bicyclic) bond motifs is 1. The molecule has 0 fully saturated rings. The van der Waals surface area contributed by atoms with Gasteiger partial charge >= 0.3 is 6.03 Å². The minimum atomic E-state index is -0.901. The van der Waals surface area contributed by atoms with E-state index in [1.54, 1.807) is 23.6 Å². The van der Waals surface area contributed by atoms with Gasteiger partial charge in [0.1, 0.15) is 11.1 Å². The molecule has 8 heteroatoms. The first-order valence-corrected chi connectivity index (χ1v) is 8.07. The summed E-state index contributed by atoms with van der Waals surface area (Å²) in [6, 6.07) is 5.55. The van der Waals surface area contributed by atoms with Crippen molar-refractivity contribution < 1.29 is 19.4 Å². The Labute approximate surface area is 141 Å². The van der Waals surface area contributed by atoms with Gasteiger partial charge in [-0.3, -0.25) is 4.79 Å². The van der Waals surface area contributed by atoms with Crippen molar-refractivity contribution in [3.63, 3.8) is 0 Å². The Hall–Kier alpha value is -2.87. The summed E-state index contributed by atoms with van der Waals surface area (Å²) in [7, 11) is 0. The molecule has 3 N–H and O–H groups in total. The van der Waals surface area contributed by atoms with Crippen molar-refractivity contribution in [2.75, 3.05) is 0 Å². The van der Waals surface area contributed by atoms with Gasteiger partial charge in [-0.25, -0.2) is 14.3 Å². The lowest BCUT2D eigenvalue weighted by Crippen LogP contribution is -2.19. The summed E-state index contributed by atoms with van der Waals surface area (Å²) in [5.41, 5.74) is 5.67. The van der Waals surface area contributed by atoms with E-state index in [0.29, 0.717) is 10.8 Å². The molecule has 0 aliphatic rings. The number of hydrogen-bond acceptors (Lipinski definition) is 6. The van der Waals surface area contributed by atoms with Crippen molar-refractivity contribution in [1.82, 2.24) is 9.55 Å². The lowest BCUT2D eigenvalue weighted by molar-refractivity contribution is 0.104. The average Bonchev–Trinajstić information content (AvgIpc) is 3.11. The molecule has 3 aromatic rings. The number of amides is 1. The van der Waals surface area contributed by atoms with E-state index in [-0.39, 0.29) is 22.7 Å². The van der Waals surface area contributed by atoms with E-state index in [9.17, 15) is 14.7 Å². The molecule has 124 valence electrons. The van der Waals surface area contributed by atoms with Crippen LogP contribution in [0.5, 0.6) is 11.8 Å². The van der Waals surface area contributed by atoms with E-state index in [1.807, 2.05) is 13.8 Å². The smallest absolute Gasteiger partial charge is 0.326 e. The van der Waals surface area contributed by atoms with Gasteiger partial charge in [0.2, 0.25) is 17.5 Å². The Kier molecular flexibility index (Phi) is 3.98. The third-order valence-electron chi connectivity index (χ3n) is 3.31. The van der Waals surface area contributed by atoms with Crippen LogP contribution >= 0.6 is 11.3 Å². The average molecular weight is 345 g/mol. The first-order valence-electron chi connectivity index (χ1n) is 7.19. The van der Waals surface area contributed by atoms with E-state index < -0.39 is 17.7 Å². The normalized spacial score (nSPS) is 11.1. The summed E-state index contributed by atoms with van der Waals surface area (Å²) in [5.74, 6) is -0.661. The van der Waals surface area contributed by atoms with Gasteiger partial charge in [-0.15, -0.1) is 11.3 Å². The zero-order valence-corrected chi connectivity index (χ0v) is 13.8. The van der Waals surface area contributed by atoms with Crippen molar-refractivity contribution in [3.8, 4) is 11.8 Å². The molecule has 7 nitrogen and oxygen atoms in total. The summed E-state index contributed by atoms with van der Waals surface area (Å²) in [5, 5.41) is 12.1. The number of carbonyl (C=O) groups excluding carboxylic acids is 2. The van der Waals surface area contributed by atoms with Crippen LogP contribution < -0.4 is 10.5 Å². The number of aromatic hydroxyl groups is 1. The summed E-state index contributed by atoms with van der Waals surface area (Å²) < 4.78 is 6.39. The molecule has 0 aliphatic heterocycles. The Balaban J connectivity index is 2.27. The number of thiophene rings is 1. The Morgan fingerprint density at radius 3 is 2.67 bits per heavy atom. The fourth-order valence-corrected chi connectivity index (χ4v) is 3.07. The second-order valence-electron chi connectivity index (χ2n) is 5.36. The number of pyridine rings is 1. The molecule has 0 saturated carbocycles. The largest absolute Gasteiger partial charge is 0.494 e. The maximum absolute atomic E-state index is 12.7. The quantitative estimate of drug-likeness (QED) is 0.707. The van der Waals surface area contributed by atoms with Crippen LogP contribution in [-0.4, -0.2) is 32.6 Å². The van der Waals surface area contributed by atoms with Crippen LogP contribution in [0, 0.1) is 0 Å². The van der Waals surface area contributed by atoms with E-state index in [4.69, 9.17) is 10.5 Å². The molecule has 3 heterocycles. The second kappa shape index (κ2) is 5.97. The van der Waals surface area contributed by atoms with Crippen molar-refractivity contribution >= 4 is 34.2 Å². The topological polar surface area (TPSA) is 107 Å². The maximum atomic E-state index is 12.7. The summed E-state index contributed by atoms with van der Waals surface area (Å²) >= 11 is 1.23. The minimum Gasteiger partial charge on any atom is -0.494 e. The van der Waals surface area contributed by atoms with E-state index in [2.05, 4.69) is 4.98 Å². The summed E-state index contributed by atoms with van der Waals surface area (Å²) in [6.07, 6.45) is -0.113. The van der Waals surface area contributed by atoms with E-state index in [0.717, 1.165) is 4.57 Å². The van der Waals surface area contributed by atoms with Crippen LogP contribution in [-0.2, 0) is 0 Å². The Morgan fingerprint density at radius 1 is 1.33 bits per heavy atom. The highest BCUT2D eigenvalue weighted by atomic mass is 32.1. The molecule has 0 radical (unpaired) electrons. The molecule has 3 rings (SSSR count). The van der Waals surface area contributed by atoms with Gasteiger partial charge in [-0.2, -0.15) is 0 Å². The number of ketones is 1. The number of nitrogens with zero attached hydrogens (tertiary/aromatic N) is 2. The van der Waals surface area contributed by atoms with Crippen LogP contribution in [0.15, 0.2) is 29.6 Å². The molecule has 3 aromatic heterocycles. The third-order valence-corrected chi connectivity index (χ3v) is 4.18. The van der Waals surface area contributed by atoms with Gasteiger partial charge in [0.05, 0.1) is 16.5 Å². The van der Waals surface area contributed by atoms with Crippen LogP contribution in [0.3, 0.4) is 0 Å². The number of carbonyl (C=O) groups is 2. The second-order valence-corrected chi connectivity index (χ2v) is 6.31. The Morgan fingerprint density at radius 2 is 2.08 bits per heavy atom. The molecule has 0 bridgehead atoms. The van der Waals surface area contributed by atoms with Gasteiger partial charge in [-0.1, -0.05) is 6.07 Å². The van der Waals surface area contributed by atoms with Crippen LogP contribution in [0.2, 0.25) is 0 Å². The third kappa shape index (κ3) is 2.61. The number of nitrogens with two attached hydrogens (primary N) is 1. The number of primary amides is 1. The van der Waals surface area contributed by atoms with Crippen molar-refractivity contribution in [2.45, 2.75) is 20.0 Å². The molecule has 0 unspecified atom stereocenters. The Bertz CT molecular complexity index is 929. The highest BCUT2D eigenvalue weighted by molar-refractivity contribution is 7.12. The SMILES string of the molecule is CC(C)Oc1ccc2c(n1)c(C(=O)c1cccs1)c(O)n2C(N)=O. The van der Waals surface area contributed by atoms with E-state index >= 15 is 0 Å². The number of rotatable bonds is 4. The molecule has 0 atom stereocenters. The van der Waals surface area contributed by atoms with E-state index in [1.165, 1.54) is 17.4 Å². The van der Waals surface area contributed by atoms with Gasteiger partial charge in [0.15, 0.2) is 0 Å². The number of hydrogen-bond donors (Lipinski definition) is 2. The van der Waals surface area contributed by atoms with Gasteiger partial charge < -0.3 is 15.6 Å². The zero-order valence-electron chi connectivity index (χ0n) is 13.0. The number of ether oxygens (including phenoxy) is 1. The summed E-state index contributed by atoms with van der Waals surface area (Å²) in [6.45, 7) is 3.69. The number of aromatic nitrogens is 2. The maximum Gasteiger partial charge on any atom is 0.326 e. The standard InChI is InChI=1S/C16H15N3O4S/c1-8(2)23-11-6-5-9-13(18-11)12(15(21)19(9)16(17)22)14(20)10-4-3-7-24-10/h3-8,21H,1-2H3,(H2,17,22). The molecule has 0 aromatic carbocycles. The first-order chi connectivity index (χ1) is 11.4. The summed E-state index contributed by atoms with van der Waals surface area (Å²) in [4.78, 5) is 29.1. The van der Waals surface area contributed by atoms with Crippen LogP contribution in [0.25, 0.3) is 11.0 Å². The molecule has 0 spiro atoms. The molecular weight excluding hydrogens is 330 g/mol. The van der Waals surface area contributed by atoms with Crippen molar-refractivity contribution in [2.24, 2.45) is 5.73 Å². The first kappa shape index (κ1) is 16.0. The molecule has 1 amide bonds. The predicted molar refractivity (Wildman–Crippen MR) is 89.9 cm³/mol. The van der Waals surface area contributed by atoms with Crippen LogP contribution in [0.1, 0.15) is 29.1 Å². The monoisotopic (exact) mass is 345 g/mol. The predicted octanol–water partition coefficient (Wildman–Crippen LogP) is 2.75. The molecule has 24 heavy (non-hydrogen) atoms. The zero-order chi connectivity index (χ0) is 17.4. The van der Waals surface area contributed by atoms with Crippen molar-refractivity contribution in [1.29, 1.82) is 0 Å².